The highest BCUT2D eigenvalue weighted by Crippen LogP contribution is 2.31. The molecular weight excluding hydrogens is 146 g/mol. The van der Waals surface area contributed by atoms with Crippen LogP contribution in [0.25, 0.3) is 0 Å². The average Bonchev–Trinajstić information content (AvgIpc) is 2.34. The fourth-order valence-corrected chi connectivity index (χ4v) is 1.79. The molecule has 0 radical (unpaired) electrons. The molecule has 4 nitrogen and oxygen atoms in total. The molecule has 0 aromatic rings. The molecule has 2 atom stereocenters. The van der Waals surface area contributed by atoms with Crippen LogP contribution < -0.4 is 0 Å². The van der Waals surface area contributed by atoms with Gasteiger partial charge < -0.3 is 5.11 Å². The summed E-state index contributed by atoms with van der Waals surface area (Å²) in [5, 5.41) is 19.0. The fraction of sp³-hybridized carbons (Fsp3) is 1.00. The summed E-state index contributed by atoms with van der Waals surface area (Å²) in [7, 11) is 0. The molecule has 0 aliphatic heterocycles. The number of nitrogens with zero attached hydrogens (tertiary/aromatic N) is 1. The predicted octanol–water partition coefficient (Wildman–Crippen LogP) is 0.672. The molecule has 1 N–H and O–H groups in total. The van der Waals surface area contributed by atoms with Crippen molar-refractivity contribution < 1.29 is 10.0 Å². The van der Waals surface area contributed by atoms with Gasteiger partial charge in [-0.25, -0.2) is 0 Å². The molecule has 1 fully saturated rings. The average molecular weight is 159 g/mol. The van der Waals surface area contributed by atoms with Gasteiger partial charge in [0.2, 0.25) is 6.54 Å². The summed E-state index contributed by atoms with van der Waals surface area (Å²) in [5.74, 6) is 0.301. The molecule has 0 heterocycles. The molecule has 0 aromatic carbocycles. The molecule has 1 unspecified atom stereocenters. The van der Waals surface area contributed by atoms with E-state index < -0.39 is 0 Å². The first-order chi connectivity index (χ1) is 5.24. The lowest BCUT2D eigenvalue weighted by Crippen LogP contribution is -2.20. The van der Waals surface area contributed by atoms with Gasteiger partial charge >= 0.3 is 0 Å². The zero-order valence-electron chi connectivity index (χ0n) is 6.40. The first kappa shape index (κ1) is 8.46. The van der Waals surface area contributed by atoms with Gasteiger partial charge in [0.05, 0.1) is 0 Å². The van der Waals surface area contributed by atoms with Crippen LogP contribution in [0.5, 0.6) is 0 Å². The molecule has 1 rings (SSSR count). The lowest BCUT2D eigenvalue weighted by atomic mass is 9.97. The van der Waals surface area contributed by atoms with Crippen molar-refractivity contribution in [3.63, 3.8) is 0 Å². The Morgan fingerprint density at radius 3 is 2.64 bits per heavy atom. The maximum atomic E-state index is 10.1. The number of hydrogen-bond donors (Lipinski definition) is 1. The van der Waals surface area contributed by atoms with Crippen molar-refractivity contribution >= 4 is 0 Å². The lowest BCUT2D eigenvalue weighted by molar-refractivity contribution is -0.489. The van der Waals surface area contributed by atoms with Gasteiger partial charge in [0.15, 0.2) is 0 Å². The Balaban J connectivity index is 2.37. The van der Waals surface area contributed by atoms with Gasteiger partial charge in [-0.1, -0.05) is 6.42 Å². The highest BCUT2D eigenvalue weighted by Gasteiger charge is 2.30. The van der Waals surface area contributed by atoms with Crippen LogP contribution in [0.15, 0.2) is 0 Å². The standard InChI is InChI=1S/C7H13NO3/c9-5-7-3-1-2-6(7)4-8(10)11/h6-7,9H,1-5H2/t6?,7-/m0/s1. The van der Waals surface area contributed by atoms with E-state index in [9.17, 15) is 10.1 Å². The summed E-state index contributed by atoms with van der Waals surface area (Å²) in [6.07, 6.45) is 2.89. The highest BCUT2D eigenvalue weighted by molar-refractivity contribution is 4.75. The summed E-state index contributed by atoms with van der Waals surface area (Å²) in [5.41, 5.74) is 0. The second-order valence-electron chi connectivity index (χ2n) is 3.15. The van der Waals surface area contributed by atoms with Crippen molar-refractivity contribution in [3.8, 4) is 0 Å². The molecule has 0 aromatic heterocycles. The van der Waals surface area contributed by atoms with E-state index in [1.54, 1.807) is 0 Å². The van der Waals surface area contributed by atoms with Gasteiger partial charge in [-0.15, -0.1) is 0 Å². The molecule has 11 heavy (non-hydrogen) atoms. The number of aliphatic hydroxyl groups is 1. The molecule has 0 spiro atoms. The Kier molecular flexibility index (Phi) is 2.82. The summed E-state index contributed by atoms with van der Waals surface area (Å²) in [4.78, 5) is 9.86. The largest absolute Gasteiger partial charge is 0.396 e. The molecule has 1 aliphatic rings. The third-order valence-electron chi connectivity index (χ3n) is 2.43. The van der Waals surface area contributed by atoms with Crippen LogP contribution in [-0.2, 0) is 0 Å². The molecule has 0 bridgehead atoms. The minimum absolute atomic E-state index is 0.0330. The zero-order chi connectivity index (χ0) is 8.27. The Bertz CT molecular complexity index is 149. The minimum atomic E-state index is -0.279. The maximum Gasteiger partial charge on any atom is 0.207 e. The van der Waals surface area contributed by atoms with E-state index in [0.717, 1.165) is 19.3 Å². The topological polar surface area (TPSA) is 63.4 Å². The van der Waals surface area contributed by atoms with Crippen molar-refractivity contribution in [3.05, 3.63) is 10.1 Å². The van der Waals surface area contributed by atoms with Gasteiger partial charge in [0, 0.05) is 17.4 Å². The van der Waals surface area contributed by atoms with Crippen molar-refractivity contribution in [1.82, 2.24) is 0 Å². The van der Waals surface area contributed by atoms with Gasteiger partial charge in [-0.3, -0.25) is 10.1 Å². The maximum absolute atomic E-state index is 10.1. The third-order valence-corrected chi connectivity index (χ3v) is 2.43. The molecule has 0 saturated heterocycles. The van der Waals surface area contributed by atoms with Crippen LogP contribution in [-0.4, -0.2) is 23.2 Å². The first-order valence-corrected chi connectivity index (χ1v) is 3.96. The Morgan fingerprint density at radius 2 is 2.09 bits per heavy atom. The number of rotatable bonds is 3. The first-order valence-electron chi connectivity index (χ1n) is 3.96. The quantitative estimate of drug-likeness (QED) is 0.486. The van der Waals surface area contributed by atoms with Crippen LogP contribution in [0.2, 0.25) is 0 Å². The van der Waals surface area contributed by atoms with Crippen LogP contribution in [0.3, 0.4) is 0 Å². The van der Waals surface area contributed by atoms with Gasteiger partial charge in [-0.05, 0) is 18.8 Å². The second-order valence-corrected chi connectivity index (χ2v) is 3.15. The van der Waals surface area contributed by atoms with Gasteiger partial charge in [0.25, 0.3) is 0 Å². The molecule has 1 saturated carbocycles. The van der Waals surface area contributed by atoms with E-state index in [2.05, 4.69) is 0 Å². The van der Waals surface area contributed by atoms with Crippen LogP contribution in [0.4, 0.5) is 0 Å². The van der Waals surface area contributed by atoms with Gasteiger partial charge in [-0.2, -0.15) is 0 Å². The Morgan fingerprint density at radius 1 is 1.45 bits per heavy atom. The van der Waals surface area contributed by atoms with E-state index in [4.69, 9.17) is 5.11 Å². The monoisotopic (exact) mass is 159 g/mol. The Hall–Kier alpha value is -0.640. The van der Waals surface area contributed by atoms with Crippen LogP contribution >= 0.6 is 0 Å². The van der Waals surface area contributed by atoms with E-state index >= 15 is 0 Å². The lowest BCUT2D eigenvalue weighted by Gasteiger charge is -2.11. The molecule has 64 valence electrons. The smallest absolute Gasteiger partial charge is 0.207 e. The van der Waals surface area contributed by atoms with Crippen molar-refractivity contribution in [2.24, 2.45) is 11.8 Å². The fourth-order valence-electron chi connectivity index (χ4n) is 1.79. The highest BCUT2D eigenvalue weighted by atomic mass is 16.6. The SMILES string of the molecule is O=[N+]([O-])CC1CCC[C@H]1CO. The number of aliphatic hydroxyl groups excluding tert-OH is 1. The van der Waals surface area contributed by atoms with Crippen molar-refractivity contribution in [2.75, 3.05) is 13.2 Å². The normalized spacial score (nSPS) is 30.6. The van der Waals surface area contributed by atoms with E-state index in [0.29, 0.717) is 0 Å². The summed E-state index contributed by atoms with van der Waals surface area (Å²) in [6, 6.07) is 0. The van der Waals surface area contributed by atoms with Gasteiger partial charge in [0.1, 0.15) is 0 Å². The van der Waals surface area contributed by atoms with Crippen molar-refractivity contribution in [1.29, 1.82) is 0 Å². The summed E-state index contributed by atoms with van der Waals surface area (Å²) < 4.78 is 0. The Labute approximate surface area is 65.4 Å². The van der Waals surface area contributed by atoms with E-state index in [1.165, 1.54) is 0 Å². The van der Waals surface area contributed by atoms with E-state index in [-0.39, 0.29) is 29.9 Å². The molecule has 4 heteroatoms. The molecular formula is C7H13NO3. The summed E-state index contributed by atoms with van der Waals surface area (Å²) >= 11 is 0. The summed E-state index contributed by atoms with van der Waals surface area (Å²) in [6.45, 7) is 0.143. The molecule has 0 amide bonds. The second kappa shape index (κ2) is 3.67. The zero-order valence-corrected chi connectivity index (χ0v) is 6.40. The number of nitro groups is 1. The van der Waals surface area contributed by atoms with E-state index in [1.807, 2.05) is 0 Å². The number of hydrogen-bond acceptors (Lipinski definition) is 3. The molecule has 1 aliphatic carbocycles. The van der Waals surface area contributed by atoms with Crippen molar-refractivity contribution in [2.45, 2.75) is 19.3 Å². The third kappa shape index (κ3) is 2.15. The van der Waals surface area contributed by atoms with Crippen LogP contribution in [0.1, 0.15) is 19.3 Å². The van der Waals surface area contributed by atoms with Crippen LogP contribution in [0, 0.1) is 22.0 Å². The minimum Gasteiger partial charge on any atom is -0.396 e. The predicted molar refractivity (Wildman–Crippen MR) is 39.8 cm³/mol.